The molecule has 1 heterocycles. The Kier molecular flexibility index (Phi) is 4.31. The number of rotatable bonds is 4. The van der Waals surface area contributed by atoms with Gasteiger partial charge in [-0.1, -0.05) is 0 Å². The first-order valence-electron chi connectivity index (χ1n) is 6.37. The first-order valence-corrected chi connectivity index (χ1v) is 6.37. The van der Waals surface area contributed by atoms with Crippen molar-refractivity contribution < 1.29 is 13.9 Å². The van der Waals surface area contributed by atoms with Gasteiger partial charge in [0.25, 0.3) is 5.91 Å². The fourth-order valence-electron chi connectivity index (χ4n) is 2.16. The summed E-state index contributed by atoms with van der Waals surface area (Å²) in [5, 5.41) is 0. The molecule has 98 valence electrons. The van der Waals surface area contributed by atoms with Crippen molar-refractivity contribution in [1.29, 1.82) is 0 Å². The number of likely N-dealkylation sites (N-methyl/N-ethyl adjacent to an activating group) is 1. The van der Waals surface area contributed by atoms with E-state index in [0.717, 1.165) is 19.4 Å². The van der Waals surface area contributed by atoms with Gasteiger partial charge in [-0.3, -0.25) is 4.79 Å². The average molecular weight is 251 g/mol. The molecule has 0 aromatic heterocycles. The molecule has 18 heavy (non-hydrogen) atoms. The van der Waals surface area contributed by atoms with E-state index in [1.807, 2.05) is 6.92 Å². The smallest absolute Gasteiger partial charge is 0.253 e. The van der Waals surface area contributed by atoms with Gasteiger partial charge in [-0.05, 0) is 44.0 Å². The molecule has 1 aliphatic rings. The molecule has 4 heteroatoms. The minimum atomic E-state index is -0.325. The van der Waals surface area contributed by atoms with Gasteiger partial charge in [0.1, 0.15) is 5.82 Å². The minimum Gasteiger partial charge on any atom is -0.376 e. The Morgan fingerprint density at radius 2 is 2.17 bits per heavy atom. The molecule has 2 rings (SSSR count). The van der Waals surface area contributed by atoms with Crippen LogP contribution in [0, 0.1) is 5.82 Å². The van der Waals surface area contributed by atoms with Crippen molar-refractivity contribution in [2.75, 3.05) is 19.7 Å². The summed E-state index contributed by atoms with van der Waals surface area (Å²) < 4.78 is 18.4. The topological polar surface area (TPSA) is 29.5 Å². The van der Waals surface area contributed by atoms with E-state index in [2.05, 4.69) is 0 Å². The molecule has 0 spiro atoms. The van der Waals surface area contributed by atoms with Crippen molar-refractivity contribution in [3.63, 3.8) is 0 Å². The largest absolute Gasteiger partial charge is 0.376 e. The van der Waals surface area contributed by atoms with Gasteiger partial charge in [0.05, 0.1) is 6.10 Å². The van der Waals surface area contributed by atoms with Crippen LogP contribution in [0.3, 0.4) is 0 Å². The molecule has 3 nitrogen and oxygen atoms in total. The molecule has 1 unspecified atom stereocenters. The second-order valence-corrected chi connectivity index (χ2v) is 4.49. The molecule has 0 N–H and O–H groups in total. The van der Waals surface area contributed by atoms with Gasteiger partial charge in [0, 0.05) is 25.3 Å². The summed E-state index contributed by atoms with van der Waals surface area (Å²) in [5.74, 6) is -0.387. The maximum absolute atomic E-state index is 12.8. The number of ether oxygens (including phenoxy) is 1. The van der Waals surface area contributed by atoms with Crippen LogP contribution in [0.15, 0.2) is 24.3 Å². The zero-order valence-corrected chi connectivity index (χ0v) is 10.6. The number of hydrogen-bond donors (Lipinski definition) is 0. The van der Waals surface area contributed by atoms with Crippen LogP contribution in [-0.4, -0.2) is 36.6 Å². The van der Waals surface area contributed by atoms with E-state index in [9.17, 15) is 9.18 Å². The Morgan fingerprint density at radius 3 is 2.72 bits per heavy atom. The number of carbonyl (C=O) groups is 1. The van der Waals surface area contributed by atoms with Crippen molar-refractivity contribution in [3.05, 3.63) is 35.6 Å². The van der Waals surface area contributed by atoms with E-state index in [1.54, 1.807) is 4.90 Å². The lowest BCUT2D eigenvalue weighted by atomic mass is 10.1. The number of amides is 1. The number of nitrogens with zero attached hydrogens (tertiary/aromatic N) is 1. The molecule has 1 aromatic carbocycles. The minimum absolute atomic E-state index is 0.0620. The van der Waals surface area contributed by atoms with Gasteiger partial charge in [0.2, 0.25) is 0 Å². The summed E-state index contributed by atoms with van der Waals surface area (Å²) in [6, 6.07) is 5.67. The zero-order valence-electron chi connectivity index (χ0n) is 10.6. The van der Waals surface area contributed by atoms with Crippen LogP contribution in [-0.2, 0) is 4.74 Å². The van der Waals surface area contributed by atoms with Crippen molar-refractivity contribution in [2.24, 2.45) is 0 Å². The van der Waals surface area contributed by atoms with Crippen LogP contribution in [0.4, 0.5) is 4.39 Å². The fourth-order valence-corrected chi connectivity index (χ4v) is 2.16. The third-order valence-corrected chi connectivity index (χ3v) is 3.21. The lowest BCUT2D eigenvalue weighted by molar-refractivity contribution is 0.0539. The molecule has 0 saturated carbocycles. The lowest BCUT2D eigenvalue weighted by Crippen LogP contribution is -2.37. The number of hydrogen-bond acceptors (Lipinski definition) is 2. The fraction of sp³-hybridized carbons (Fsp3) is 0.500. The highest BCUT2D eigenvalue weighted by Gasteiger charge is 2.22. The third-order valence-electron chi connectivity index (χ3n) is 3.21. The van der Waals surface area contributed by atoms with Crippen LogP contribution < -0.4 is 0 Å². The molecule has 0 radical (unpaired) electrons. The van der Waals surface area contributed by atoms with Crippen LogP contribution in [0.25, 0.3) is 0 Å². The summed E-state index contributed by atoms with van der Waals surface area (Å²) >= 11 is 0. The van der Waals surface area contributed by atoms with Crippen molar-refractivity contribution >= 4 is 5.91 Å². The van der Waals surface area contributed by atoms with Crippen LogP contribution in [0.5, 0.6) is 0 Å². The molecule has 1 aliphatic heterocycles. The van der Waals surface area contributed by atoms with E-state index in [1.165, 1.54) is 24.3 Å². The van der Waals surface area contributed by atoms with Crippen LogP contribution >= 0.6 is 0 Å². The second-order valence-electron chi connectivity index (χ2n) is 4.49. The molecule has 1 fully saturated rings. The Hall–Kier alpha value is -1.42. The normalized spacial score (nSPS) is 18.9. The maximum Gasteiger partial charge on any atom is 0.253 e. The van der Waals surface area contributed by atoms with E-state index in [0.29, 0.717) is 18.7 Å². The van der Waals surface area contributed by atoms with Gasteiger partial charge in [-0.15, -0.1) is 0 Å². The van der Waals surface area contributed by atoms with Gasteiger partial charge in [-0.2, -0.15) is 0 Å². The number of benzene rings is 1. The third kappa shape index (κ3) is 3.07. The highest BCUT2D eigenvalue weighted by molar-refractivity contribution is 5.94. The molecule has 0 bridgehead atoms. The summed E-state index contributed by atoms with van der Waals surface area (Å²) in [7, 11) is 0. The zero-order chi connectivity index (χ0) is 13.0. The maximum atomic E-state index is 12.8. The highest BCUT2D eigenvalue weighted by Crippen LogP contribution is 2.15. The predicted octanol–water partition coefficient (Wildman–Crippen LogP) is 2.47. The van der Waals surface area contributed by atoms with E-state index < -0.39 is 0 Å². The molecule has 1 atom stereocenters. The van der Waals surface area contributed by atoms with Gasteiger partial charge in [0.15, 0.2) is 0 Å². The molecule has 1 amide bonds. The van der Waals surface area contributed by atoms with Crippen molar-refractivity contribution in [2.45, 2.75) is 25.9 Å². The molecule has 0 aliphatic carbocycles. The molecule has 1 aromatic rings. The quantitative estimate of drug-likeness (QED) is 0.822. The Morgan fingerprint density at radius 1 is 1.44 bits per heavy atom. The Bertz CT molecular complexity index is 399. The first kappa shape index (κ1) is 13.0. The summed E-state index contributed by atoms with van der Waals surface area (Å²) in [5.41, 5.74) is 0.524. The number of halogens is 1. The van der Waals surface area contributed by atoms with E-state index in [4.69, 9.17) is 4.74 Å². The van der Waals surface area contributed by atoms with Gasteiger partial charge >= 0.3 is 0 Å². The average Bonchev–Trinajstić information content (AvgIpc) is 2.89. The number of carbonyl (C=O) groups excluding carboxylic acids is 1. The Balaban J connectivity index is 2.02. The van der Waals surface area contributed by atoms with Gasteiger partial charge < -0.3 is 9.64 Å². The standard InChI is InChI=1S/C14H18FNO2/c1-2-16(10-13-4-3-9-18-13)14(17)11-5-7-12(15)8-6-11/h5-8,13H,2-4,9-10H2,1H3. The summed E-state index contributed by atoms with van der Waals surface area (Å²) in [4.78, 5) is 14.0. The van der Waals surface area contributed by atoms with E-state index >= 15 is 0 Å². The highest BCUT2D eigenvalue weighted by atomic mass is 19.1. The SMILES string of the molecule is CCN(CC1CCCO1)C(=O)c1ccc(F)cc1. The van der Waals surface area contributed by atoms with Crippen molar-refractivity contribution in [3.8, 4) is 0 Å². The second kappa shape index (κ2) is 5.96. The predicted molar refractivity (Wildman–Crippen MR) is 67.0 cm³/mol. The van der Waals surface area contributed by atoms with Crippen LogP contribution in [0.1, 0.15) is 30.1 Å². The van der Waals surface area contributed by atoms with E-state index in [-0.39, 0.29) is 17.8 Å². The van der Waals surface area contributed by atoms with Crippen molar-refractivity contribution in [1.82, 2.24) is 4.90 Å². The van der Waals surface area contributed by atoms with Gasteiger partial charge in [-0.25, -0.2) is 4.39 Å². The first-order chi connectivity index (χ1) is 8.70. The van der Waals surface area contributed by atoms with Crippen LogP contribution in [0.2, 0.25) is 0 Å². The Labute approximate surface area is 107 Å². The lowest BCUT2D eigenvalue weighted by Gasteiger charge is -2.24. The molecular formula is C14H18FNO2. The molecule has 1 saturated heterocycles. The summed E-state index contributed by atoms with van der Waals surface area (Å²) in [6.45, 7) is 3.98. The summed E-state index contributed by atoms with van der Waals surface area (Å²) in [6.07, 6.45) is 2.22. The monoisotopic (exact) mass is 251 g/mol. The molecular weight excluding hydrogens is 233 g/mol.